The second-order valence-corrected chi connectivity index (χ2v) is 8.10. The first-order valence-corrected chi connectivity index (χ1v) is 9.89. The Morgan fingerprint density at radius 3 is 2.41 bits per heavy atom. The van der Waals surface area contributed by atoms with Gasteiger partial charge in [-0.05, 0) is 36.4 Å². The topological polar surface area (TPSA) is 100 Å². The number of pyridine rings is 1. The summed E-state index contributed by atoms with van der Waals surface area (Å²) in [7, 11) is -2.04. The number of rotatable bonds is 6. The van der Waals surface area contributed by atoms with Crippen molar-refractivity contribution >= 4 is 16.0 Å². The molecule has 0 radical (unpaired) electrons. The first kappa shape index (κ1) is 19.3. The Bertz CT molecular complexity index is 907. The quantitative estimate of drug-likeness (QED) is 0.792. The van der Waals surface area contributed by atoms with Crippen LogP contribution in [0.25, 0.3) is 0 Å². The molecule has 2 aromatic rings. The normalized spacial score (nSPS) is 16.2. The van der Waals surface area contributed by atoms with Gasteiger partial charge in [-0.3, -0.25) is 9.88 Å². The second-order valence-electron chi connectivity index (χ2n) is 6.16. The third-order valence-corrected chi connectivity index (χ3v) is 6.44. The smallest absolute Gasteiger partial charge is 0.337 e. The standard InChI is InChI=1S/C18H21N3O5S/c1-26-14-4-6-15(7-5-14)27(24,25)21-11-9-20(10-12-21)13-17-16(18(22)23)3-2-8-19-17/h2-8H,9-13H2,1H3,(H,22,23). The van der Waals surface area contributed by atoms with Gasteiger partial charge in [-0.1, -0.05) is 0 Å². The summed E-state index contributed by atoms with van der Waals surface area (Å²) < 4.78 is 32.1. The molecule has 0 spiro atoms. The molecule has 0 aliphatic carbocycles. The molecule has 144 valence electrons. The van der Waals surface area contributed by atoms with Crippen LogP contribution in [0.2, 0.25) is 0 Å². The van der Waals surface area contributed by atoms with Gasteiger partial charge in [0.15, 0.2) is 0 Å². The number of nitrogens with zero attached hydrogens (tertiary/aromatic N) is 3. The van der Waals surface area contributed by atoms with Gasteiger partial charge in [0.2, 0.25) is 10.0 Å². The van der Waals surface area contributed by atoms with E-state index in [0.717, 1.165) is 0 Å². The summed E-state index contributed by atoms with van der Waals surface area (Å²) in [5.74, 6) is -0.415. The minimum Gasteiger partial charge on any atom is -0.497 e. The summed E-state index contributed by atoms with van der Waals surface area (Å²) in [6.45, 7) is 2.06. The van der Waals surface area contributed by atoms with Gasteiger partial charge in [-0.2, -0.15) is 4.31 Å². The highest BCUT2D eigenvalue weighted by atomic mass is 32.2. The van der Waals surface area contributed by atoms with E-state index < -0.39 is 16.0 Å². The van der Waals surface area contributed by atoms with Gasteiger partial charge in [-0.15, -0.1) is 0 Å². The molecule has 0 amide bonds. The van der Waals surface area contributed by atoms with E-state index in [0.29, 0.717) is 44.2 Å². The maximum Gasteiger partial charge on any atom is 0.337 e. The summed E-state index contributed by atoms with van der Waals surface area (Å²) >= 11 is 0. The number of carboxylic acid groups (broad SMARTS) is 1. The van der Waals surface area contributed by atoms with Crippen LogP contribution in [0.15, 0.2) is 47.5 Å². The van der Waals surface area contributed by atoms with Crippen LogP contribution in [0.3, 0.4) is 0 Å². The minimum absolute atomic E-state index is 0.172. The molecule has 3 rings (SSSR count). The van der Waals surface area contributed by atoms with Gasteiger partial charge < -0.3 is 9.84 Å². The third kappa shape index (κ3) is 4.26. The molecule has 1 aliphatic rings. The molecular weight excluding hydrogens is 370 g/mol. The molecule has 0 unspecified atom stereocenters. The first-order valence-electron chi connectivity index (χ1n) is 8.45. The number of aromatic carboxylic acids is 1. The summed E-state index contributed by atoms with van der Waals surface area (Å²) in [6.07, 6.45) is 1.56. The number of hydrogen-bond donors (Lipinski definition) is 1. The van der Waals surface area contributed by atoms with Crippen molar-refractivity contribution < 1.29 is 23.1 Å². The van der Waals surface area contributed by atoms with Crippen LogP contribution in [-0.4, -0.2) is 67.0 Å². The van der Waals surface area contributed by atoms with Crippen molar-refractivity contribution in [3.05, 3.63) is 53.9 Å². The average molecular weight is 391 g/mol. The van der Waals surface area contributed by atoms with Crippen molar-refractivity contribution in [2.45, 2.75) is 11.4 Å². The molecule has 1 aliphatic heterocycles. The Balaban J connectivity index is 1.65. The predicted octanol–water partition coefficient (Wildman–Crippen LogP) is 1.29. The molecule has 2 heterocycles. The van der Waals surface area contributed by atoms with E-state index >= 15 is 0 Å². The Kier molecular flexibility index (Phi) is 5.73. The second kappa shape index (κ2) is 8.03. The molecule has 1 aromatic heterocycles. The zero-order chi connectivity index (χ0) is 19.4. The fraction of sp³-hybridized carbons (Fsp3) is 0.333. The van der Waals surface area contributed by atoms with Crippen molar-refractivity contribution in [1.82, 2.24) is 14.2 Å². The van der Waals surface area contributed by atoms with E-state index in [4.69, 9.17) is 4.74 Å². The number of aromatic nitrogens is 1. The van der Waals surface area contributed by atoms with Crippen LogP contribution in [0.1, 0.15) is 16.1 Å². The maximum atomic E-state index is 12.8. The molecule has 8 nitrogen and oxygen atoms in total. The lowest BCUT2D eigenvalue weighted by atomic mass is 10.2. The number of ether oxygens (including phenoxy) is 1. The first-order chi connectivity index (χ1) is 12.9. The van der Waals surface area contributed by atoms with Crippen molar-refractivity contribution in [3.63, 3.8) is 0 Å². The largest absolute Gasteiger partial charge is 0.497 e. The highest BCUT2D eigenvalue weighted by Crippen LogP contribution is 2.21. The summed E-state index contributed by atoms with van der Waals surface area (Å²) in [4.78, 5) is 17.7. The van der Waals surface area contributed by atoms with Crippen molar-refractivity contribution in [3.8, 4) is 5.75 Å². The SMILES string of the molecule is COc1ccc(S(=O)(=O)N2CCN(Cc3ncccc3C(=O)O)CC2)cc1. The van der Waals surface area contributed by atoms with Gasteiger partial charge in [0, 0.05) is 38.9 Å². The number of carboxylic acids is 1. The van der Waals surface area contributed by atoms with E-state index in [1.807, 2.05) is 4.90 Å². The number of methoxy groups -OCH3 is 1. The molecular formula is C18H21N3O5S. The predicted molar refractivity (Wildman–Crippen MR) is 98.2 cm³/mol. The van der Waals surface area contributed by atoms with Gasteiger partial charge in [0.25, 0.3) is 0 Å². The van der Waals surface area contributed by atoms with Crippen LogP contribution in [-0.2, 0) is 16.6 Å². The van der Waals surface area contributed by atoms with Crippen molar-refractivity contribution in [2.75, 3.05) is 33.3 Å². The van der Waals surface area contributed by atoms with Gasteiger partial charge >= 0.3 is 5.97 Å². The fourth-order valence-corrected chi connectivity index (χ4v) is 4.42. The molecule has 0 atom stereocenters. The van der Waals surface area contributed by atoms with E-state index in [2.05, 4.69) is 4.98 Å². The Hall–Kier alpha value is -2.49. The molecule has 1 N–H and O–H groups in total. The number of sulfonamides is 1. The number of piperazine rings is 1. The van der Waals surface area contributed by atoms with Gasteiger partial charge in [0.05, 0.1) is 23.3 Å². The molecule has 0 bridgehead atoms. The lowest BCUT2D eigenvalue weighted by molar-refractivity contribution is 0.0693. The third-order valence-electron chi connectivity index (χ3n) is 4.52. The van der Waals surface area contributed by atoms with E-state index in [1.54, 1.807) is 24.4 Å². The Morgan fingerprint density at radius 1 is 1.15 bits per heavy atom. The average Bonchev–Trinajstić information content (AvgIpc) is 2.68. The molecule has 0 saturated carbocycles. The van der Waals surface area contributed by atoms with Crippen LogP contribution in [0, 0.1) is 0 Å². The van der Waals surface area contributed by atoms with Crippen LogP contribution in [0.5, 0.6) is 5.75 Å². The number of benzene rings is 1. The minimum atomic E-state index is -3.56. The van der Waals surface area contributed by atoms with Crippen molar-refractivity contribution in [1.29, 1.82) is 0 Å². The van der Waals surface area contributed by atoms with Crippen LogP contribution < -0.4 is 4.74 Å². The number of carbonyl (C=O) groups is 1. The van der Waals surface area contributed by atoms with Crippen LogP contribution in [0.4, 0.5) is 0 Å². The summed E-state index contributed by atoms with van der Waals surface area (Å²) in [6, 6.07) is 9.43. The summed E-state index contributed by atoms with van der Waals surface area (Å²) in [5.41, 5.74) is 0.655. The summed E-state index contributed by atoms with van der Waals surface area (Å²) in [5, 5.41) is 9.25. The highest BCUT2D eigenvalue weighted by Gasteiger charge is 2.29. The lowest BCUT2D eigenvalue weighted by Crippen LogP contribution is -2.48. The lowest BCUT2D eigenvalue weighted by Gasteiger charge is -2.33. The Morgan fingerprint density at radius 2 is 1.81 bits per heavy atom. The fourth-order valence-electron chi connectivity index (χ4n) is 3.00. The van der Waals surface area contributed by atoms with E-state index in [9.17, 15) is 18.3 Å². The monoisotopic (exact) mass is 391 g/mol. The molecule has 27 heavy (non-hydrogen) atoms. The molecule has 9 heteroatoms. The van der Waals surface area contributed by atoms with Gasteiger partial charge in [0.1, 0.15) is 5.75 Å². The van der Waals surface area contributed by atoms with E-state index in [1.165, 1.54) is 29.6 Å². The zero-order valence-electron chi connectivity index (χ0n) is 14.9. The zero-order valence-corrected chi connectivity index (χ0v) is 15.7. The van der Waals surface area contributed by atoms with Gasteiger partial charge in [-0.25, -0.2) is 13.2 Å². The maximum absolute atomic E-state index is 12.8. The molecule has 1 fully saturated rings. The highest BCUT2D eigenvalue weighted by molar-refractivity contribution is 7.89. The Labute approximate surface area is 158 Å². The van der Waals surface area contributed by atoms with Crippen LogP contribution >= 0.6 is 0 Å². The van der Waals surface area contributed by atoms with Crippen molar-refractivity contribution in [2.24, 2.45) is 0 Å². The number of hydrogen-bond acceptors (Lipinski definition) is 6. The molecule has 1 aromatic carbocycles. The molecule has 1 saturated heterocycles. The van der Waals surface area contributed by atoms with E-state index in [-0.39, 0.29) is 10.5 Å².